The molecule has 0 aliphatic heterocycles. The highest BCUT2D eigenvalue weighted by Gasteiger charge is 2.25. The van der Waals surface area contributed by atoms with E-state index in [1.807, 2.05) is 0 Å². The Morgan fingerprint density at radius 2 is 2.16 bits per heavy atom. The van der Waals surface area contributed by atoms with Crippen LogP contribution in [-0.2, 0) is 4.79 Å². The van der Waals surface area contributed by atoms with E-state index in [1.165, 1.54) is 6.07 Å². The average molecular weight is 269 g/mol. The van der Waals surface area contributed by atoms with Crippen LogP contribution < -0.4 is 11.1 Å². The number of nitrogens with two attached hydrogens (primary N) is 1. The number of carbonyl (C=O) groups excluding carboxylic acids is 1. The maximum Gasteiger partial charge on any atom is 0.295 e. The van der Waals surface area contributed by atoms with Crippen molar-refractivity contribution < 1.29 is 14.1 Å². The first-order valence-corrected chi connectivity index (χ1v) is 5.82. The smallest absolute Gasteiger partial charge is 0.295 e. The van der Waals surface area contributed by atoms with E-state index in [0.29, 0.717) is 0 Å². The molecule has 19 heavy (non-hydrogen) atoms. The predicted molar refractivity (Wildman–Crippen MR) is 69.1 cm³/mol. The third-order valence-corrected chi connectivity index (χ3v) is 2.83. The van der Waals surface area contributed by atoms with E-state index < -0.39 is 33.9 Å². The molecule has 0 heterocycles. The van der Waals surface area contributed by atoms with Gasteiger partial charge in [0.2, 0.25) is 5.91 Å². The molecule has 0 radical (unpaired) electrons. The molecular formula is C12H16FN3O3. The number of nitro benzene ring substituents is 1. The molecule has 7 heteroatoms. The third-order valence-electron chi connectivity index (χ3n) is 2.83. The van der Waals surface area contributed by atoms with Crippen LogP contribution in [0, 0.1) is 27.8 Å². The molecular weight excluding hydrogens is 253 g/mol. The van der Waals surface area contributed by atoms with Crippen LogP contribution in [0.5, 0.6) is 0 Å². The van der Waals surface area contributed by atoms with Crippen molar-refractivity contribution in [2.24, 2.45) is 17.6 Å². The normalized spacial score (nSPS) is 12.3. The number of nitrogens with zero attached hydrogens (tertiary/aromatic N) is 1. The minimum Gasteiger partial charge on any atom is -0.330 e. The summed E-state index contributed by atoms with van der Waals surface area (Å²) in [5.41, 5.74) is 4.58. The van der Waals surface area contributed by atoms with Gasteiger partial charge < -0.3 is 11.1 Å². The summed E-state index contributed by atoms with van der Waals surface area (Å²) in [5, 5.41) is 13.0. The van der Waals surface area contributed by atoms with Gasteiger partial charge in [-0.2, -0.15) is 0 Å². The van der Waals surface area contributed by atoms with Gasteiger partial charge in [0.15, 0.2) is 11.5 Å². The van der Waals surface area contributed by atoms with Crippen LogP contribution in [0.15, 0.2) is 18.2 Å². The van der Waals surface area contributed by atoms with Crippen LogP contribution in [-0.4, -0.2) is 17.4 Å². The maximum absolute atomic E-state index is 13.6. The number of rotatable bonds is 5. The molecule has 0 saturated heterocycles. The molecule has 1 atom stereocenters. The summed E-state index contributed by atoms with van der Waals surface area (Å²) in [6.07, 6.45) is 0. The number of para-hydroxylation sites is 1. The number of benzene rings is 1. The molecule has 0 bridgehead atoms. The molecule has 1 rings (SSSR count). The summed E-state index contributed by atoms with van der Waals surface area (Å²) < 4.78 is 13.6. The fraction of sp³-hybridized carbons (Fsp3) is 0.417. The molecule has 1 aromatic carbocycles. The summed E-state index contributed by atoms with van der Waals surface area (Å²) in [4.78, 5) is 22.0. The Labute approximate surface area is 109 Å². The number of nitro groups is 1. The van der Waals surface area contributed by atoms with E-state index in [-0.39, 0.29) is 12.5 Å². The maximum atomic E-state index is 13.6. The predicted octanol–water partition coefficient (Wildman–Crippen LogP) is 1.90. The molecule has 0 aliphatic carbocycles. The second kappa shape index (κ2) is 6.24. The summed E-state index contributed by atoms with van der Waals surface area (Å²) >= 11 is 0. The van der Waals surface area contributed by atoms with Gasteiger partial charge in [0.25, 0.3) is 5.69 Å². The van der Waals surface area contributed by atoms with Gasteiger partial charge in [0.05, 0.1) is 10.8 Å². The minimum atomic E-state index is -0.845. The van der Waals surface area contributed by atoms with Crippen LogP contribution in [0.25, 0.3) is 0 Å². The van der Waals surface area contributed by atoms with Gasteiger partial charge in [-0.05, 0) is 12.0 Å². The highest BCUT2D eigenvalue weighted by atomic mass is 19.1. The molecule has 1 aromatic rings. The SMILES string of the molecule is CC(C)C(CN)C(=O)Nc1c(F)cccc1[N+](=O)[O-]. The van der Waals surface area contributed by atoms with Gasteiger partial charge in [-0.25, -0.2) is 4.39 Å². The molecule has 0 aliphatic rings. The van der Waals surface area contributed by atoms with Gasteiger partial charge in [-0.15, -0.1) is 0 Å². The highest BCUT2D eigenvalue weighted by molar-refractivity contribution is 5.95. The van der Waals surface area contributed by atoms with Crippen molar-refractivity contribution >= 4 is 17.3 Å². The number of hydrogen-bond donors (Lipinski definition) is 2. The van der Waals surface area contributed by atoms with Crippen LogP contribution in [0.1, 0.15) is 13.8 Å². The lowest BCUT2D eigenvalue weighted by Crippen LogP contribution is -2.33. The highest BCUT2D eigenvalue weighted by Crippen LogP contribution is 2.27. The van der Waals surface area contributed by atoms with Crippen LogP contribution in [0.4, 0.5) is 15.8 Å². The second-order valence-electron chi connectivity index (χ2n) is 4.47. The van der Waals surface area contributed by atoms with Crippen molar-refractivity contribution in [1.82, 2.24) is 0 Å². The first-order valence-electron chi connectivity index (χ1n) is 5.82. The Morgan fingerprint density at radius 1 is 1.53 bits per heavy atom. The molecule has 3 N–H and O–H groups in total. The Bertz CT molecular complexity index is 491. The fourth-order valence-electron chi connectivity index (χ4n) is 1.69. The van der Waals surface area contributed by atoms with Gasteiger partial charge in [-0.3, -0.25) is 14.9 Å². The van der Waals surface area contributed by atoms with E-state index in [9.17, 15) is 19.3 Å². The lowest BCUT2D eigenvalue weighted by atomic mass is 9.95. The zero-order valence-electron chi connectivity index (χ0n) is 10.7. The fourth-order valence-corrected chi connectivity index (χ4v) is 1.69. The molecule has 1 amide bonds. The van der Waals surface area contributed by atoms with Crippen molar-refractivity contribution in [3.05, 3.63) is 34.1 Å². The van der Waals surface area contributed by atoms with Gasteiger partial charge in [0.1, 0.15) is 0 Å². The molecule has 1 unspecified atom stereocenters. The summed E-state index contributed by atoms with van der Waals surface area (Å²) in [6, 6.07) is 3.40. The number of carbonyl (C=O) groups is 1. The van der Waals surface area contributed by atoms with Crippen LogP contribution in [0.3, 0.4) is 0 Å². The van der Waals surface area contributed by atoms with E-state index >= 15 is 0 Å². The standard InChI is InChI=1S/C12H16FN3O3/c1-7(2)8(6-14)12(17)15-11-9(13)4-3-5-10(11)16(18)19/h3-5,7-8H,6,14H2,1-2H3,(H,15,17). The summed E-state index contributed by atoms with van der Waals surface area (Å²) in [7, 11) is 0. The quantitative estimate of drug-likeness (QED) is 0.630. The molecule has 0 saturated carbocycles. The van der Waals surface area contributed by atoms with Gasteiger partial charge in [0, 0.05) is 12.6 Å². The topological polar surface area (TPSA) is 98.3 Å². The molecule has 0 fully saturated rings. The Hall–Kier alpha value is -2.02. The molecule has 104 valence electrons. The zero-order valence-corrected chi connectivity index (χ0v) is 10.7. The number of hydrogen-bond acceptors (Lipinski definition) is 4. The monoisotopic (exact) mass is 269 g/mol. The lowest BCUT2D eigenvalue weighted by molar-refractivity contribution is -0.384. The van der Waals surface area contributed by atoms with E-state index in [2.05, 4.69) is 5.32 Å². The first kappa shape index (κ1) is 15.0. The number of anilines is 1. The summed E-state index contributed by atoms with van der Waals surface area (Å²) in [6.45, 7) is 3.69. The Morgan fingerprint density at radius 3 is 2.63 bits per heavy atom. The first-order chi connectivity index (χ1) is 8.88. The molecule has 6 nitrogen and oxygen atoms in total. The minimum absolute atomic E-state index is 0.0455. The molecule has 0 spiro atoms. The zero-order chi connectivity index (χ0) is 14.6. The lowest BCUT2D eigenvalue weighted by Gasteiger charge is -2.18. The number of amides is 1. The van der Waals surface area contributed by atoms with Gasteiger partial charge >= 0.3 is 0 Å². The van der Waals surface area contributed by atoms with Crippen molar-refractivity contribution in [2.75, 3.05) is 11.9 Å². The third kappa shape index (κ3) is 3.47. The Kier molecular flexibility index (Phi) is 4.94. The van der Waals surface area contributed by atoms with Crippen molar-refractivity contribution in [3.63, 3.8) is 0 Å². The second-order valence-corrected chi connectivity index (χ2v) is 4.47. The molecule has 0 aromatic heterocycles. The van der Waals surface area contributed by atoms with E-state index in [4.69, 9.17) is 5.73 Å². The van der Waals surface area contributed by atoms with Crippen molar-refractivity contribution in [1.29, 1.82) is 0 Å². The van der Waals surface area contributed by atoms with Crippen molar-refractivity contribution in [2.45, 2.75) is 13.8 Å². The average Bonchev–Trinajstić information content (AvgIpc) is 2.31. The summed E-state index contributed by atoms with van der Waals surface area (Å²) in [5.74, 6) is -1.94. The van der Waals surface area contributed by atoms with E-state index in [1.54, 1.807) is 13.8 Å². The number of nitrogens with one attached hydrogen (secondary N) is 1. The van der Waals surface area contributed by atoms with Crippen LogP contribution in [0.2, 0.25) is 0 Å². The Balaban J connectivity index is 3.05. The van der Waals surface area contributed by atoms with Crippen LogP contribution >= 0.6 is 0 Å². The number of halogens is 1. The van der Waals surface area contributed by atoms with E-state index in [0.717, 1.165) is 12.1 Å². The van der Waals surface area contributed by atoms with Gasteiger partial charge in [-0.1, -0.05) is 19.9 Å². The van der Waals surface area contributed by atoms with Crippen molar-refractivity contribution in [3.8, 4) is 0 Å². The largest absolute Gasteiger partial charge is 0.330 e.